The second-order valence-electron chi connectivity index (χ2n) is 12.5. The van der Waals surface area contributed by atoms with Crippen molar-refractivity contribution in [3.63, 3.8) is 0 Å². The van der Waals surface area contributed by atoms with Crippen molar-refractivity contribution >= 4 is 49.4 Å². The van der Waals surface area contributed by atoms with Gasteiger partial charge in [0.15, 0.2) is 0 Å². The average Bonchev–Trinajstić information content (AvgIpc) is 3.18. The summed E-state index contributed by atoms with van der Waals surface area (Å²) in [6.45, 7) is 0. The molecular formula is C47H31FN2. The summed E-state index contributed by atoms with van der Waals surface area (Å²) in [4.78, 5) is 6.41. The molecular weight excluding hydrogens is 612 g/mol. The number of rotatable bonds is 6. The van der Waals surface area contributed by atoms with Gasteiger partial charge >= 0.3 is 0 Å². The normalized spacial score (nSPS) is 11.3. The van der Waals surface area contributed by atoms with Crippen LogP contribution < -0.4 is 4.90 Å². The van der Waals surface area contributed by atoms with Crippen molar-refractivity contribution in [1.29, 1.82) is 0 Å². The lowest BCUT2D eigenvalue weighted by molar-refractivity contribution is 0.628. The van der Waals surface area contributed by atoms with Gasteiger partial charge in [-0.2, -0.15) is 0 Å². The fourth-order valence-corrected chi connectivity index (χ4v) is 7.33. The largest absolute Gasteiger partial charge is 0.309 e. The van der Waals surface area contributed by atoms with E-state index >= 15 is 0 Å². The lowest BCUT2D eigenvalue weighted by atomic mass is 9.84. The minimum Gasteiger partial charge on any atom is -0.309 e. The topological polar surface area (TPSA) is 16.1 Å². The maximum atomic E-state index is 13.8. The van der Waals surface area contributed by atoms with E-state index in [4.69, 9.17) is 0 Å². The molecule has 9 aromatic rings. The molecule has 0 saturated heterocycles. The van der Waals surface area contributed by atoms with Crippen molar-refractivity contribution in [2.45, 2.75) is 0 Å². The van der Waals surface area contributed by atoms with E-state index in [9.17, 15) is 4.39 Å². The lowest BCUT2D eigenvalue weighted by Crippen LogP contribution is -2.10. The minimum absolute atomic E-state index is 0.263. The summed E-state index contributed by atoms with van der Waals surface area (Å²) >= 11 is 0. The molecule has 0 spiro atoms. The summed E-state index contributed by atoms with van der Waals surface area (Å²) < 4.78 is 13.8. The van der Waals surface area contributed by atoms with Crippen LogP contribution in [0.25, 0.3) is 65.7 Å². The molecule has 0 N–H and O–H groups in total. The van der Waals surface area contributed by atoms with Gasteiger partial charge in [0.1, 0.15) is 5.82 Å². The SMILES string of the molecule is Fc1ccc(N(c2ccc(-c3ccc(-c4c5ccccc5c(-c5cccc6ccccc56)c5ccccc45)cc3)cc2)c2cccnc2)cc1. The van der Waals surface area contributed by atoms with Crippen molar-refractivity contribution in [1.82, 2.24) is 4.98 Å². The van der Waals surface area contributed by atoms with E-state index in [1.807, 2.05) is 18.3 Å². The van der Waals surface area contributed by atoms with E-state index in [1.54, 1.807) is 18.3 Å². The van der Waals surface area contributed by atoms with Gasteiger partial charge in [0.2, 0.25) is 0 Å². The zero-order valence-corrected chi connectivity index (χ0v) is 27.2. The molecule has 1 heterocycles. The van der Waals surface area contributed by atoms with Gasteiger partial charge in [-0.15, -0.1) is 0 Å². The van der Waals surface area contributed by atoms with Crippen LogP contribution in [0.2, 0.25) is 0 Å². The molecule has 3 heteroatoms. The van der Waals surface area contributed by atoms with Gasteiger partial charge in [-0.05, 0) is 114 Å². The number of anilines is 3. The Morgan fingerprint density at radius 2 is 0.880 bits per heavy atom. The Hall–Kier alpha value is -6.58. The molecule has 0 aliphatic rings. The zero-order chi connectivity index (χ0) is 33.4. The zero-order valence-electron chi connectivity index (χ0n) is 27.2. The highest BCUT2D eigenvalue weighted by atomic mass is 19.1. The van der Waals surface area contributed by atoms with E-state index in [0.717, 1.165) is 28.2 Å². The van der Waals surface area contributed by atoms with E-state index in [-0.39, 0.29) is 5.82 Å². The number of fused-ring (bicyclic) bond motifs is 3. The highest BCUT2D eigenvalue weighted by Crippen LogP contribution is 2.45. The first kappa shape index (κ1) is 29.6. The molecule has 0 bridgehead atoms. The number of aromatic nitrogens is 1. The summed E-state index contributed by atoms with van der Waals surface area (Å²) in [5.74, 6) is -0.263. The second-order valence-corrected chi connectivity index (χ2v) is 12.5. The predicted octanol–water partition coefficient (Wildman–Crippen LogP) is 13.2. The maximum absolute atomic E-state index is 13.8. The molecule has 0 aliphatic heterocycles. The van der Waals surface area contributed by atoms with Gasteiger partial charge in [0.05, 0.1) is 11.9 Å². The molecule has 0 amide bonds. The first-order valence-electron chi connectivity index (χ1n) is 16.8. The Morgan fingerprint density at radius 3 is 1.48 bits per heavy atom. The van der Waals surface area contributed by atoms with Crippen LogP contribution in [-0.4, -0.2) is 4.98 Å². The van der Waals surface area contributed by atoms with Crippen molar-refractivity contribution in [2.24, 2.45) is 0 Å². The predicted molar refractivity (Wildman–Crippen MR) is 208 cm³/mol. The molecule has 0 aliphatic carbocycles. The summed E-state index contributed by atoms with van der Waals surface area (Å²) in [7, 11) is 0. The molecule has 0 saturated carbocycles. The molecule has 0 unspecified atom stereocenters. The molecule has 0 radical (unpaired) electrons. The average molecular weight is 643 g/mol. The molecule has 2 nitrogen and oxygen atoms in total. The van der Waals surface area contributed by atoms with Gasteiger partial charge in [0, 0.05) is 17.6 Å². The summed E-state index contributed by atoms with van der Waals surface area (Å²) in [5.41, 5.74) is 9.94. The Morgan fingerprint density at radius 1 is 0.380 bits per heavy atom. The van der Waals surface area contributed by atoms with Crippen LogP contribution in [0.1, 0.15) is 0 Å². The molecule has 1 aromatic heterocycles. The molecule has 236 valence electrons. The Kier molecular flexibility index (Phi) is 7.37. The fraction of sp³-hybridized carbons (Fsp3) is 0. The van der Waals surface area contributed by atoms with Crippen LogP contribution in [0.3, 0.4) is 0 Å². The number of benzene rings is 8. The highest BCUT2D eigenvalue weighted by Gasteiger charge is 2.18. The fourth-order valence-electron chi connectivity index (χ4n) is 7.33. The number of hydrogen-bond acceptors (Lipinski definition) is 2. The smallest absolute Gasteiger partial charge is 0.123 e. The molecule has 8 aromatic carbocycles. The van der Waals surface area contributed by atoms with E-state index in [2.05, 4.69) is 149 Å². The van der Waals surface area contributed by atoms with Crippen LogP contribution in [0.4, 0.5) is 21.5 Å². The van der Waals surface area contributed by atoms with Gasteiger partial charge in [-0.1, -0.05) is 127 Å². The van der Waals surface area contributed by atoms with Crippen molar-refractivity contribution in [3.05, 3.63) is 194 Å². The quantitative estimate of drug-likeness (QED) is 0.168. The number of pyridine rings is 1. The summed E-state index contributed by atoms with van der Waals surface area (Å²) in [5, 5.41) is 7.47. The summed E-state index contributed by atoms with van der Waals surface area (Å²) in [6.07, 6.45) is 3.57. The van der Waals surface area contributed by atoms with Crippen molar-refractivity contribution < 1.29 is 4.39 Å². The Labute approximate surface area is 290 Å². The van der Waals surface area contributed by atoms with Crippen molar-refractivity contribution in [2.75, 3.05) is 4.90 Å². The molecule has 0 fully saturated rings. The van der Waals surface area contributed by atoms with Crippen molar-refractivity contribution in [3.8, 4) is 33.4 Å². The van der Waals surface area contributed by atoms with Crippen LogP contribution in [0.15, 0.2) is 188 Å². The maximum Gasteiger partial charge on any atom is 0.123 e. The van der Waals surface area contributed by atoms with E-state index in [1.165, 1.54) is 66.7 Å². The lowest BCUT2D eigenvalue weighted by Gasteiger charge is -2.25. The van der Waals surface area contributed by atoms with Crippen LogP contribution >= 0.6 is 0 Å². The molecule has 0 atom stereocenters. The number of hydrogen-bond donors (Lipinski definition) is 0. The number of halogens is 1. The third kappa shape index (κ3) is 5.17. The van der Waals surface area contributed by atoms with Gasteiger partial charge < -0.3 is 4.90 Å². The van der Waals surface area contributed by atoms with E-state index in [0.29, 0.717) is 0 Å². The van der Waals surface area contributed by atoms with Crippen LogP contribution in [0.5, 0.6) is 0 Å². The van der Waals surface area contributed by atoms with Crippen LogP contribution in [-0.2, 0) is 0 Å². The standard InChI is InChI=1S/C47H31FN2/c48-36-24-28-38(29-25-36)50(39-11-8-30-49-31-39)37-26-22-33(23-27-37)32-18-20-35(21-19-32)46-42-13-3-5-15-44(42)47(45-16-6-4-14-43(45)46)41-17-7-10-34-9-1-2-12-40(34)41/h1-31H. The first-order valence-corrected chi connectivity index (χ1v) is 16.8. The Bertz CT molecular complexity index is 2570. The second kappa shape index (κ2) is 12.5. The minimum atomic E-state index is -0.263. The monoisotopic (exact) mass is 642 g/mol. The third-order valence-electron chi connectivity index (χ3n) is 9.61. The molecule has 9 rings (SSSR count). The Balaban J connectivity index is 1.13. The van der Waals surface area contributed by atoms with Gasteiger partial charge in [-0.3, -0.25) is 4.98 Å². The summed E-state index contributed by atoms with van der Waals surface area (Å²) in [6, 6.07) is 60.7. The van der Waals surface area contributed by atoms with Crippen LogP contribution in [0, 0.1) is 5.82 Å². The van der Waals surface area contributed by atoms with Gasteiger partial charge in [-0.25, -0.2) is 4.39 Å². The number of nitrogens with zero attached hydrogens (tertiary/aromatic N) is 2. The van der Waals surface area contributed by atoms with Gasteiger partial charge in [0.25, 0.3) is 0 Å². The highest BCUT2D eigenvalue weighted by molar-refractivity contribution is 6.23. The molecule has 50 heavy (non-hydrogen) atoms. The van der Waals surface area contributed by atoms with E-state index < -0.39 is 0 Å². The third-order valence-corrected chi connectivity index (χ3v) is 9.61. The first-order chi connectivity index (χ1) is 24.7.